The van der Waals surface area contributed by atoms with Gasteiger partial charge >= 0.3 is 0 Å². The lowest BCUT2D eigenvalue weighted by Gasteiger charge is -2.40. The molecule has 6 N–H and O–H groups in total. The van der Waals surface area contributed by atoms with Crippen molar-refractivity contribution in [2.24, 2.45) is 28.3 Å². The predicted molar refractivity (Wildman–Crippen MR) is 289 cm³/mol. The molecular formula is C55H73F2N11O3Si. The van der Waals surface area contributed by atoms with Crippen molar-refractivity contribution >= 4 is 54.0 Å². The van der Waals surface area contributed by atoms with Crippen molar-refractivity contribution in [2.45, 2.75) is 117 Å². The Balaban J connectivity index is 0.000000216. The van der Waals surface area contributed by atoms with Gasteiger partial charge in [-0.2, -0.15) is 0 Å². The number of rotatable bonds is 15. The number of nitrogens with two attached hydrogens (primary N) is 2. The minimum Gasteiger partial charge on any atom is -0.367 e. The zero-order valence-electron chi connectivity index (χ0n) is 43.5. The first kappa shape index (κ1) is 53.7. The normalized spacial score (nSPS) is 16.0. The summed E-state index contributed by atoms with van der Waals surface area (Å²) in [6, 6.07) is 18.2. The molecule has 8 rings (SSSR count). The Morgan fingerprint density at radius 2 is 1.25 bits per heavy atom. The van der Waals surface area contributed by atoms with Gasteiger partial charge in [-0.1, -0.05) is 37.8 Å². The predicted octanol–water partition coefficient (Wildman–Crippen LogP) is 10.2. The molecule has 3 aliphatic heterocycles. The van der Waals surface area contributed by atoms with Gasteiger partial charge in [0, 0.05) is 99.5 Å². The van der Waals surface area contributed by atoms with Gasteiger partial charge in [-0.15, -0.1) is 0 Å². The number of benzene rings is 2. The summed E-state index contributed by atoms with van der Waals surface area (Å²) < 4.78 is 37.7. The van der Waals surface area contributed by atoms with E-state index >= 15 is 4.39 Å². The lowest BCUT2D eigenvalue weighted by Crippen LogP contribution is -2.47. The highest BCUT2D eigenvalue weighted by molar-refractivity contribution is 6.76. The van der Waals surface area contributed by atoms with E-state index in [0.717, 1.165) is 59.9 Å². The van der Waals surface area contributed by atoms with Crippen LogP contribution in [-0.2, 0) is 16.3 Å². The van der Waals surface area contributed by atoms with Crippen LogP contribution in [0.5, 0.6) is 0 Å². The number of ether oxygens (including phenoxy) is 1. The molecule has 0 bridgehead atoms. The second-order valence-electron chi connectivity index (χ2n) is 21.8. The van der Waals surface area contributed by atoms with E-state index < -0.39 is 14.0 Å². The Morgan fingerprint density at radius 1 is 0.750 bits per heavy atom. The summed E-state index contributed by atoms with van der Waals surface area (Å²) in [4.78, 5) is 48.3. The van der Waals surface area contributed by atoms with Crippen molar-refractivity contribution in [1.29, 1.82) is 0 Å². The molecule has 2 amide bonds. The Morgan fingerprint density at radius 3 is 1.75 bits per heavy atom. The van der Waals surface area contributed by atoms with Crippen molar-refractivity contribution in [3.63, 3.8) is 0 Å². The lowest BCUT2D eigenvalue weighted by atomic mass is 9.81. The topological polar surface area (TPSA) is 182 Å². The number of amides is 2. The van der Waals surface area contributed by atoms with Gasteiger partial charge < -0.3 is 41.2 Å². The molecule has 0 spiro atoms. The maximum Gasteiger partial charge on any atom is 0.291 e. The maximum absolute atomic E-state index is 15.2. The highest BCUT2D eigenvalue weighted by atomic mass is 28.3. The van der Waals surface area contributed by atoms with Crippen LogP contribution in [-0.4, -0.2) is 89.0 Å². The summed E-state index contributed by atoms with van der Waals surface area (Å²) in [5, 5.41) is 5.84. The zero-order valence-corrected chi connectivity index (χ0v) is 44.5. The fourth-order valence-electron chi connectivity index (χ4n) is 9.48. The standard InChI is InChI=1S/C30H43FN6O2Si.C25H30FN5O/c1-21-18-22(10-13-33-21)26-19-37(20-39-16-17-40(4,5)6)28(34-26)29(38)35-25-9-7-8-24(31)27(25)36-14-11-23(12-15-36)30(2,3)32;1-16-15-17(9-12-28-16)20-7-8-22(29-20)24(32)30-21-6-4-5-19(26)23(21)31-13-10-18(11-14-31)25(2,3)27/h7-10,13,18-19,23H,11-12,14-17,20,32H2,1-6H3,(H,35,38);4-7,9,12,15,18H,8,10-11,13-14,27H2,1-3H3,(H,30,32). The zero-order chi connectivity index (χ0) is 52.0. The number of nitrogens with one attached hydrogen (secondary N) is 2. The summed E-state index contributed by atoms with van der Waals surface area (Å²) >= 11 is 0. The molecule has 5 aromatic rings. The number of hydrogen-bond donors (Lipinski definition) is 4. The molecule has 0 atom stereocenters. The third-order valence-electron chi connectivity index (χ3n) is 13.8. The Hall–Kier alpha value is -6.14. The molecule has 17 heteroatoms. The largest absolute Gasteiger partial charge is 0.367 e. The van der Waals surface area contributed by atoms with Crippen LogP contribution in [0.4, 0.5) is 31.5 Å². The fraction of sp³-hybridized carbons (Fsp3) is 0.455. The van der Waals surface area contributed by atoms with Gasteiger partial charge in [-0.3, -0.25) is 19.6 Å². The first-order valence-electron chi connectivity index (χ1n) is 25.1. The monoisotopic (exact) mass is 1000 g/mol. The molecular weight excluding hydrogens is 929 g/mol. The number of halogens is 2. The van der Waals surface area contributed by atoms with Crippen LogP contribution in [0.3, 0.4) is 0 Å². The Labute approximate surface area is 424 Å². The van der Waals surface area contributed by atoms with E-state index in [1.54, 1.807) is 41.2 Å². The number of anilines is 4. The first-order chi connectivity index (χ1) is 34.0. The average molecular weight is 1000 g/mol. The number of aliphatic imine (C=N–C) groups is 1. The maximum atomic E-state index is 15.2. The van der Waals surface area contributed by atoms with E-state index in [4.69, 9.17) is 16.2 Å². The van der Waals surface area contributed by atoms with Crippen LogP contribution >= 0.6 is 0 Å². The summed E-state index contributed by atoms with van der Waals surface area (Å²) in [5.41, 5.74) is 19.2. The number of imidazole rings is 1. The third-order valence-corrected chi connectivity index (χ3v) is 15.5. The van der Waals surface area contributed by atoms with Crippen molar-refractivity contribution in [2.75, 3.05) is 53.2 Å². The van der Waals surface area contributed by atoms with Crippen LogP contribution in [0.2, 0.25) is 25.7 Å². The van der Waals surface area contributed by atoms with E-state index in [9.17, 15) is 14.0 Å². The fourth-order valence-corrected chi connectivity index (χ4v) is 10.2. The molecule has 2 saturated heterocycles. The number of aryl methyl sites for hydroxylation is 2. The minimum atomic E-state index is -1.26. The quantitative estimate of drug-likeness (QED) is 0.0582. The number of carbonyl (C=O) groups excluding carboxylic acids is 2. The first-order valence-corrected chi connectivity index (χ1v) is 28.8. The highest BCUT2D eigenvalue weighted by Crippen LogP contribution is 2.37. The van der Waals surface area contributed by atoms with Gasteiger partial charge in [-0.25, -0.2) is 18.8 Å². The van der Waals surface area contributed by atoms with Gasteiger partial charge in [-0.05, 0) is 134 Å². The molecule has 72 heavy (non-hydrogen) atoms. The highest BCUT2D eigenvalue weighted by Gasteiger charge is 2.33. The van der Waals surface area contributed by atoms with Crippen LogP contribution in [0.15, 0.2) is 90.3 Å². The molecule has 384 valence electrons. The Bertz CT molecular complexity index is 2780. The number of aromatic nitrogens is 4. The molecule has 3 aliphatic rings. The van der Waals surface area contributed by atoms with Crippen LogP contribution < -0.4 is 31.9 Å². The summed E-state index contributed by atoms with van der Waals surface area (Å²) in [5.74, 6) is -0.490. The van der Waals surface area contributed by atoms with E-state index in [0.29, 0.717) is 85.2 Å². The van der Waals surface area contributed by atoms with E-state index in [1.807, 2.05) is 87.9 Å². The van der Waals surface area contributed by atoms with Crippen LogP contribution in [0, 0.1) is 37.3 Å². The Kier molecular flexibility index (Phi) is 16.9. The van der Waals surface area contributed by atoms with Gasteiger partial charge in [0.25, 0.3) is 11.8 Å². The molecule has 0 aliphatic carbocycles. The average Bonchev–Trinajstić information content (AvgIpc) is 3.99. The molecule has 0 saturated carbocycles. The SMILES string of the molecule is Cc1cc(-c2cn(COCC[Si](C)(C)C)c(C(=O)Nc3cccc(F)c3N3CCC(C(C)(C)N)CC3)n2)ccn1.Cc1cc(C2=CCC(C(=O)Nc3cccc(F)c3N3CCC(C(C)(C)N)CC3)=N2)ccn1. The second-order valence-corrected chi connectivity index (χ2v) is 27.5. The lowest BCUT2D eigenvalue weighted by molar-refractivity contribution is -0.110. The number of hydrogen-bond acceptors (Lipinski definition) is 11. The smallest absolute Gasteiger partial charge is 0.291 e. The molecule has 14 nitrogen and oxygen atoms in total. The molecule has 2 aromatic carbocycles. The third kappa shape index (κ3) is 13.9. The van der Waals surface area contributed by atoms with E-state index in [2.05, 4.69) is 50.2 Å². The molecule has 2 fully saturated rings. The molecule has 0 radical (unpaired) electrons. The van der Waals surface area contributed by atoms with Crippen LogP contribution in [0.25, 0.3) is 17.0 Å². The molecule has 0 unspecified atom stereocenters. The second kappa shape index (κ2) is 22.7. The number of pyridine rings is 2. The van der Waals surface area contributed by atoms with Crippen molar-refractivity contribution in [1.82, 2.24) is 19.5 Å². The number of allylic oxidation sites excluding steroid dienone is 1. The van der Waals surface area contributed by atoms with Crippen molar-refractivity contribution < 1.29 is 23.1 Å². The van der Waals surface area contributed by atoms with Gasteiger partial charge in [0.1, 0.15) is 24.1 Å². The summed E-state index contributed by atoms with van der Waals surface area (Å²) in [7, 11) is -1.26. The number of carbonyl (C=O) groups is 2. The van der Waals surface area contributed by atoms with E-state index in [-0.39, 0.29) is 41.2 Å². The minimum absolute atomic E-state index is 0.197. The van der Waals surface area contributed by atoms with Gasteiger partial charge in [0.05, 0.1) is 34.1 Å². The number of para-hydroxylation sites is 2. The summed E-state index contributed by atoms with van der Waals surface area (Å²) in [6.07, 6.45) is 11.1. The van der Waals surface area contributed by atoms with Gasteiger partial charge in [0.2, 0.25) is 5.82 Å². The van der Waals surface area contributed by atoms with Crippen molar-refractivity contribution in [3.8, 4) is 11.3 Å². The summed E-state index contributed by atoms with van der Waals surface area (Å²) in [6.45, 7) is 22.4. The number of nitrogens with zero attached hydrogens (tertiary/aromatic N) is 7. The molecule has 6 heterocycles. The van der Waals surface area contributed by atoms with Crippen LogP contribution in [0.1, 0.15) is 87.4 Å². The molecule has 3 aromatic heterocycles. The van der Waals surface area contributed by atoms with Crippen molar-refractivity contribution in [3.05, 3.63) is 120 Å². The van der Waals surface area contributed by atoms with Gasteiger partial charge in [0.15, 0.2) is 0 Å². The van der Waals surface area contributed by atoms with E-state index in [1.165, 1.54) is 12.1 Å². The number of piperidine rings is 2.